The quantitative estimate of drug-likeness (QED) is 0.826. The van der Waals surface area contributed by atoms with Crippen molar-refractivity contribution in [3.63, 3.8) is 0 Å². The maximum absolute atomic E-state index is 12.6. The van der Waals surface area contributed by atoms with Crippen molar-refractivity contribution in [1.82, 2.24) is 19.7 Å². The zero-order chi connectivity index (χ0) is 17.2. The maximum Gasteiger partial charge on any atom is 0.267 e. The highest BCUT2D eigenvalue weighted by Crippen LogP contribution is 2.38. The first-order chi connectivity index (χ1) is 12.2. The molecule has 25 heavy (non-hydrogen) atoms. The molecule has 1 aliphatic carbocycles. The van der Waals surface area contributed by atoms with Crippen LogP contribution in [0.4, 0.5) is 5.82 Å². The first-order valence-corrected chi connectivity index (χ1v) is 8.72. The molecule has 130 valence electrons. The molecule has 2 aliphatic rings. The number of rotatable bonds is 4. The van der Waals surface area contributed by atoms with E-state index in [2.05, 4.69) is 15.0 Å². The Morgan fingerprint density at radius 1 is 1.08 bits per heavy atom. The Hall–Kier alpha value is -2.70. The minimum atomic E-state index is -0.218. The molecule has 3 heterocycles. The van der Waals surface area contributed by atoms with Crippen LogP contribution >= 0.6 is 0 Å². The van der Waals surface area contributed by atoms with Crippen molar-refractivity contribution in [1.29, 1.82) is 0 Å². The van der Waals surface area contributed by atoms with E-state index < -0.39 is 0 Å². The lowest BCUT2D eigenvalue weighted by Crippen LogP contribution is -2.50. The van der Waals surface area contributed by atoms with Crippen LogP contribution in [0.1, 0.15) is 24.5 Å². The van der Waals surface area contributed by atoms with E-state index in [1.54, 1.807) is 17.2 Å². The van der Waals surface area contributed by atoms with E-state index in [-0.39, 0.29) is 18.0 Å². The summed E-state index contributed by atoms with van der Waals surface area (Å²) in [7, 11) is 0. The van der Waals surface area contributed by atoms with Crippen molar-refractivity contribution < 1.29 is 4.79 Å². The van der Waals surface area contributed by atoms with Crippen LogP contribution in [0.25, 0.3) is 0 Å². The second-order valence-electron chi connectivity index (χ2n) is 6.58. The predicted molar refractivity (Wildman–Crippen MR) is 93.5 cm³/mol. The van der Waals surface area contributed by atoms with Gasteiger partial charge >= 0.3 is 0 Å². The number of carbonyl (C=O) groups is 1. The summed E-state index contributed by atoms with van der Waals surface area (Å²) in [6.07, 6.45) is 4.01. The molecule has 2 aromatic rings. The van der Waals surface area contributed by atoms with Crippen LogP contribution in [0, 0.1) is 0 Å². The predicted octanol–water partition coefficient (Wildman–Crippen LogP) is 0.864. The lowest BCUT2D eigenvalue weighted by Gasteiger charge is -2.35. The van der Waals surface area contributed by atoms with Crippen molar-refractivity contribution in [2.45, 2.75) is 25.3 Å². The minimum Gasteiger partial charge on any atom is -0.353 e. The third kappa shape index (κ3) is 3.55. The molecule has 0 aromatic carbocycles. The summed E-state index contributed by atoms with van der Waals surface area (Å²) in [5.41, 5.74) is 0.706. The zero-order valence-electron chi connectivity index (χ0n) is 14.0. The molecule has 0 unspecified atom stereocenters. The van der Waals surface area contributed by atoms with Gasteiger partial charge in [0.25, 0.3) is 5.56 Å². The highest BCUT2D eigenvalue weighted by molar-refractivity contribution is 5.76. The van der Waals surface area contributed by atoms with E-state index in [0.29, 0.717) is 19.0 Å². The van der Waals surface area contributed by atoms with Crippen LogP contribution in [0.5, 0.6) is 0 Å². The Morgan fingerprint density at radius 3 is 2.56 bits per heavy atom. The van der Waals surface area contributed by atoms with Crippen LogP contribution < -0.4 is 10.5 Å². The monoisotopic (exact) mass is 339 g/mol. The fourth-order valence-corrected chi connectivity index (χ4v) is 3.13. The van der Waals surface area contributed by atoms with Crippen LogP contribution in [0.15, 0.2) is 41.3 Å². The highest BCUT2D eigenvalue weighted by Gasteiger charge is 2.26. The molecule has 7 nitrogen and oxygen atoms in total. The Balaban J connectivity index is 1.38. The average molecular weight is 339 g/mol. The SMILES string of the molecule is O=C(Cn1nc(C2CC2)ccc1=O)N1CCN(c2ccccn2)CC1. The molecule has 0 atom stereocenters. The summed E-state index contributed by atoms with van der Waals surface area (Å²) in [6.45, 7) is 2.77. The number of piperazine rings is 1. The van der Waals surface area contributed by atoms with Crippen LogP contribution in [0.2, 0.25) is 0 Å². The highest BCUT2D eigenvalue weighted by atomic mass is 16.2. The molecule has 0 spiro atoms. The number of hydrogen-bond acceptors (Lipinski definition) is 5. The molecule has 0 N–H and O–H groups in total. The number of aromatic nitrogens is 3. The molecule has 7 heteroatoms. The van der Waals surface area contributed by atoms with Gasteiger partial charge in [0.15, 0.2) is 0 Å². The minimum absolute atomic E-state index is 0.0168. The number of nitrogens with zero attached hydrogens (tertiary/aromatic N) is 5. The van der Waals surface area contributed by atoms with E-state index >= 15 is 0 Å². The van der Waals surface area contributed by atoms with E-state index in [1.165, 1.54) is 10.7 Å². The van der Waals surface area contributed by atoms with E-state index in [4.69, 9.17) is 0 Å². The molecule has 0 radical (unpaired) electrons. The lowest BCUT2D eigenvalue weighted by atomic mass is 10.3. The second kappa shape index (κ2) is 6.66. The summed E-state index contributed by atoms with van der Waals surface area (Å²) in [6, 6.07) is 9.14. The van der Waals surface area contributed by atoms with Gasteiger partial charge in [-0.25, -0.2) is 9.67 Å². The Labute approximate surface area is 145 Å². The first kappa shape index (κ1) is 15.8. The molecule has 1 saturated heterocycles. The molecule has 2 aromatic heterocycles. The van der Waals surface area contributed by atoms with E-state index in [0.717, 1.165) is 37.4 Å². The van der Waals surface area contributed by atoms with Crippen molar-refractivity contribution in [2.75, 3.05) is 31.1 Å². The van der Waals surface area contributed by atoms with Crippen LogP contribution in [-0.2, 0) is 11.3 Å². The number of hydrogen-bond donors (Lipinski definition) is 0. The fourth-order valence-electron chi connectivity index (χ4n) is 3.13. The summed E-state index contributed by atoms with van der Waals surface area (Å²) in [5, 5.41) is 4.37. The third-order valence-corrected chi connectivity index (χ3v) is 4.77. The van der Waals surface area contributed by atoms with Gasteiger partial charge in [-0.1, -0.05) is 6.07 Å². The smallest absolute Gasteiger partial charge is 0.267 e. The van der Waals surface area contributed by atoms with Gasteiger partial charge in [0.05, 0.1) is 5.69 Å². The largest absolute Gasteiger partial charge is 0.353 e. The number of pyridine rings is 1. The topological polar surface area (TPSA) is 71.3 Å². The zero-order valence-corrected chi connectivity index (χ0v) is 14.0. The van der Waals surface area contributed by atoms with Gasteiger partial charge in [0, 0.05) is 44.4 Å². The Bertz CT molecular complexity index is 808. The summed E-state index contributed by atoms with van der Waals surface area (Å²) >= 11 is 0. The van der Waals surface area contributed by atoms with Gasteiger partial charge in [-0.2, -0.15) is 5.10 Å². The lowest BCUT2D eigenvalue weighted by molar-refractivity contribution is -0.132. The van der Waals surface area contributed by atoms with Crippen molar-refractivity contribution in [3.8, 4) is 0 Å². The second-order valence-corrected chi connectivity index (χ2v) is 6.58. The fraction of sp³-hybridized carbons (Fsp3) is 0.444. The van der Waals surface area contributed by atoms with E-state index in [1.807, 2.05) is 18.2 Å². The molecule has 4 rings (SSSR count). The van der Waals surface area contributed by atoms with Gasteiger partial charge in [-0.05, 0) is 31.0 Å². The van der Waals surface area contributed by atoms with Crippen LogP contribution in [0.3, 0.4) is 0 Å². The molecule has 0 bridgehead atoms. The molecule has 2 fully saturated rings. The number of anilines is 1. The number of carbonyl (C=O) groups excluding carboxylic acids is 1. The van der Waals surface area contributed by atoms with Crippen molar-refractivity contribution in [3.05, 3.63) is 52.6 Å². The summed E-state index contributed by atoms with van der Waals surface area (Å²) in [5.74, 6) is 1.34. The summed E-state index contributed by atoms with van der Waals surface area (Å²) in [4.78, 5) is 32.9. The molecule has 1 saturated carbocycles. The van der Waals surface area contributed by atoms with Gasteiger partial charge < -0.3 is 9.80 Å². The molecular weight excluding hydrogens is 318 g/mol. The number of amides is 1. The Morgan fingerprint density at radius 2 is 1.88 bits per heavy atom. The van der Waals surface area contributed by atoms with Crippen LogP contribution in [-0.4, -0.2) is 51.8 Å². The normalized spacial score (nSPS) is 17.6. The Kier molecular flexibility index (Phi) is 4.21. The maximum atomic E-state index is 12.6. The molecule has 1 aliphatic heterocycles. The van der Waals surface area contributed by atoms with Crippen molar-refractivity contribution >= 4 is 11.7 Å². The van der Waals surface area contributed by atoms with Crippen molar-refractivity contribution in [2.24, 2.45) is 0 Å². The standard InChI is InChI=1S/C18H21N5O2/c24-17-7-6-15(14-4-5-14)20-23(17)13-18(25)22-11-9-21(10-12-22)16-3-1-2-8-19-16/h1-3,6-8,14H,4-5,9-13H2. The summed E-state index contributed by atoms with van der Waals surface area (Å²) < 4.78 is 1.31. The van der Waals surface area contributed by atoms with Gasteiger partial charge in [-0.15, -0.1) is 0 Å². The average Bonchev–Trinajstić information content (AvgIpc) is 3.49. The van der Waals surface area contributed by atoms with Gasteiger partial charge in [0.1, 0.15) is 12.4 Å². The molecular formula is C18H21N5O2. The third-order valence-electron chi connectivity index (χ3n) is 4.77. The van der Waals surface area contributed by atoms with Gasteiger partial charge in [-0.3, -0.25) is 9.59 Å². The van der Waals surface area contributed by atoms with Gasteiger partial charge in [0.2, 0.25) is 5.91 Å². The van der Waals surface area contributed by atoms with E-state index in [9.17, 15) is 9.59 Å². The molecule has 1 amide bonds. The first-order valence-electron chi connectivity index (χ1n) is 8.72.